The lowest BCUT2D eigenvalue weighted by molar-refractivity contribution is -0.124. The lowest BCUT2D eigenvalue weighted by Crippen LogP contribution is -2.53. The predicted molar refractivity (Wildman–Crippen MR) is 96.4 cm³/mol. The Morgan fingerprint density at radius 1 is 1.32 bits per heavy atom. The lowest BCUT2D eigenvalue weighted by Gasteiger charge is -2.32. The van der Waals surface area contributed by atoms with E-state index in [9.17, 15) is 9.59 Å². The number of rotatable bonds is 4. The summed E-state index contributed by atoms with van der Waals surface area (Å²) in [6.45, 7) is 4.79. The highest BCUT2D eigenvalue weighted by molar-refractivity contribution is 5.95. The summed E-state index contributed by atoms with van der Waals surface area (Å²) < 4.78 is 5.53. The van der Waals surface area contributed by atoms with Crippen molar-refractivity contribution in [1.82, 2.24) is 5.32 Å². The Labute approximate surface area is 147 Å². The molecule has 7 nitrogen and oxygen atoms in total. The van der Waals surface area contributed by atoms with Crippen LogP contribution in [0.4, 0.5) is 11.4 Å². The zero-order valence-electron chi connectivity index (χ0n) is 14.5. The first kappa shape index (κ1) is 17.7. The van der Waals surface area contributed by atoms with Crippen LogP contribution in [-0.4, -0.2) is 50.2 Å². The third-order valence-electron chi connectivity index (χ3n) is 4.98. The van der Waals surface area contributed by atoms with E-state index in [1.165, 1.54) is 0 Å². The zero-order chi connectivity index (χ0) is 17.8. The quantitative estimate of drug-likeness (QED) is 0.746. The van der Waals surface area contributed by atoms with Gasteiger partial charge in [-0.15, -0.1) is 0 Å². The highest BCUT2D eigenvalue weighted by atomic mass is 16.5. The van der Waals surface area contributed by atoms with Crippen molar-refractivity contribution in [2.75, 3.05) is 36.5 Å². The van der Waals surface area contributed by atoms with Crippen LogP contribution in [0.3, 0.4) is 0 Å². The van der Waals surface area contributed by atoms with Gasteiger partial charge in [0.15, 0.2) is 0 Å². The Bertz CT molecular complexity index is 629. The smallest absolute Gasteiger partial charge is 0.244 e. The summed E-state index contributed by atoms with van der Waals surface area (Å²) in [5, 5.41) is 6.16. The fraction of sp³-hybridized carbons (Fsp3) is 0.556. The van der Waals surface area contributed by atoms with Crippen molar-refractivity contribution in [3.63, 3.8) is 0 Å². The highest BCUT2D eigenvalue weighted by Crippen LogP contribution is 2.25. The van der Waals surface area contributed by atoms with Gasteiger partial charge in [0.2, 0.25) is 11.8 Å². The van der Waals surface area contributed by atoms with Gasteiger partial charge in [-0.3, -0.25) is 9.59 Å². The molecule has 7 heteroatoms. The van der Waals surface area contributed by atoms with Crippen molar-refractivity contribution >= 4 is 23.2 Å². The molecule has 0 bridgehead atoms. The van der Waals surface area contributed by atoms with Crippen LogP contribution in [0.5, 0.6) is 0 Å². The molecule has 25 heavy (non-hydrogen) atoms. The molecule has 0 spiro atoms. The van der Waals surface area contributed by atoms with Crippen molar-refractivity contribution in [2.45, 2.75) is 31.9 Å². The normalized spacial score (nSPS) is 24.8. The number of ether oxygens (including phenoxy) is 1. The molecule has 2 saturated heterocycles. The van der Waals surface area contributed by atoms with Gasteiger partial charge in [-0.2, -0.15) is 0 Å². The molecule has 0 aliphatic carbocycles. The summed E-state index contributed by atoms with van der Waals surface area (Å²) in [6, 6.07) is 7.45. The monoisotopic (exact) mass is 346 g/mol. The standard InChI is InChI=1S/C18H26N4O3/c1-12-16(20-7-10-25-12)18(24)21-14-3-2-4-15(11-14)22-8-5-13(6-9-22)17(19)23/h2-4,11-13,16,20H,5-10H2,1H3,(H2,19,23)(H,21,24)/t12-,16+/m1/s1. The Hall–Kier alpha value is -2.12. The molecular weight excluding hydrogens is 320 g/mol. The molecule has 0 saturated carbocycles. The second-order valence-corrected chi connectivity index (χ2v) is 6.71. The number of nitrogens with one attached hydrogen (secondary N) is 2. The Kier molecular flexibility index (Phi) is 5.55. The Balaban J connectivity index is 1.62. The van der Waals surface area contributed by atoms with E-state index in [1.54, 1.807) is 0 Å². The number of anilines is 2. The maximum absolute atomic E-state index is 12.5. The van der Waals surface area contributed by atoms with Gasteiger partial charge in [-0.1, -0.05) is 6.07 Å². The van der Waals surface area contributed by atoms with E-state index in [0.29, 0.717) is 13.2 Å². The number of carbonyl (C=O) groups is 2. The summed E-state index contributed by atoms with van der Waals surface area (Å²) in [6.07, 6.45) is 1.39. The molecule has 2 amide bonds. The predicted octanol–water partition coefficient (Wildman–Crippen LogP) is 0.704. The van der Waals surface area contributed by atoms with Gasteiger partial charge in [0, 0.05) is 36.9 Å². The number of piperidine rings is 1. The number of nitrogens with two attached hydrogens (primary N) is 1. The maximum Gasteiger partial charge on any atom is 0.244 e. The Morgan fingerprint density at radius 3 is 2.76 bits per heavy atom. The van der Waals surface area contributed by atoms with E-state index in [-0.39, 0.29) is 29.9 Å². The van der Waals surface area contributed by atoms with Crippen molar-refractivity contribution < 1.29 is 14.3 Å². The van der Waals surface area contributed by atoms with E-state index in [1.807, 2.05) is 31.2 Å². The van der Waals surface area contributed by atoms with Gasteiger partial charge >= 0.3 is 0 Å². The molecule has 0 aromatic heterocycles. The number of nitrogens with zero attached hydrogens (tertiary/aromatic N) is 1. The van der Waals surface area contributed by atoms with Crippen molar-refractivity contribution in [1.29, 1.82) is 0 Å². The van der Waals surface area contributed by atoms with E-state index in [0.717, 1.165) is 37.3 Å². The van der Waals surface area contributed by atoms with Crippen molar-refractivity contribution in [3.05, 3.63) is 24.3 Å². The highest BCUT2D eigenvalue weighted by Gasteiger charge is 2.28. The molecule has 1 aromatic carbocycles. The van der Waals surface area contributed by atoms with Gasteiger partial charge < -0.3 is 26.0 Å². The van der Waals surface area contributed by atoms with Crippen molar-refractivity contribution in [3.8, 4) is 0 Å². The largest absolute Gasteiger partial charge is 0.375 e. The average molecular weight is 346 g/mol. The number of primary amides is 1. The number of benzene rings is 1. The van der Waals surface area contributed by atoms with Crippen LogP contribution in [0.15, 0.2) is 24.3 Å². The summed E-state index contributed by atoms with van der Waals surface area (Å²) in [5.41, 5.74) is 7.20. The minimum Gasteiger partial charge on any atom is -0.375 e. The summed E-state index contributed by atoms with van der Waals surface area (Å²) in [4.78, 5) is 26.0. The second-order valence-electron chi connectivity index (χ2n) is 6.71. The van der Waals surface area contributed by atoms with Crippen LogP contribution >= 0.6 is 0 Å². The van der Waals surface area contributed by atoms with Crippen LogP contribution < -0.4 is 21.3 Å². The van der Waals surface area contributed by atoms with E-state index < -0.39 is 0 Å². The summed E-state index contributed by atoms with van der Waals surface area (Å²) in [7, 11) is 0. The third-order valence-corrected chi connectivity index (χ3v) is 4.98. The SMILES string of the molecule is C[C@H]1OCCN[C@@H]1C(=O)Nc1cccc(N2CCC(C(N)=O)CC2)c1. The number of hydrogen-bond acceptors (Lipinski definition) is 5. The van der Waals surface area contributed by atoms with Crippen LogP contribution in [0.25, 0.3) is 0 Å². The van der Waals surface area contributed by atoms with E-state index in [4.69, 9.17) is 10.5 Å². The van der Waals surface area contributed by atoms with Gasteiger partial charge in [-0.05, 0) is 38.0 Å². The number of morpholine rings is 1. The average Bonchev–Trinajstić information content (AvgIpc) is 2.62. The van der Waals surface area contributed by atoms with Gasteiger partial charge in [0.05, 0.1) is 12.7 Å². The van der Waals surface area contributed by atoms with Crippen LogP contribution in [0.2, 0.25) is 0 Å². The molecule has 2 atom stereocenters. The number of amides is 2. The number of hydrogen-bond donors (Lipinski definition) is 3. The molecule has 0 radical (unpaired) electrons. The molecule has 2 fully saturated rings. The van der Waals surface area contributed by atoms with Crippen molar-refractivity contribution in [2.24, 2.45) is 11.7 Å². The first-order valence-electron chi connectivity index (χ1n) is 8.85. The molecule has 2 heterocycles. The van der Waals surface area contributed by atoms with E-state index >= 15 is 0 Å². The molecule has 2 aliphatic heterocycles. The molecule has 1 aromatic rings. The molecule has 4 N–H and O–H groups in total. The van der Waals surface area contributed by atoms with Gasteiger partial charge in [0.1, 0.15) is 6.04 Å². The zero-order valence-corrected chi connectivity index (χ0v) is 14.5. The third kappa shape index (κ3) is 4.29. The minimum atomic E-state index is -0.344. The summed E-state index contributed by atoms with van der Waals surface area (Å²) >= 11 is 0. The van der Waals surface area contributed by atoms with Gasteiger partial charge in [-0.25, -0.2) is 0 Å². The van der Waals surface area contributed by atoms with Crippen LogP contribution in [0, 0.1) is 5.92 Å². The number of carbonyl (C=O) groups excluding carboxylic acids is 2. The fourth-order valence-corrected chi connectivity index (χ4v) is 3.45. The lowest BCUT2D eigenvalue weighted by atomic mass is 9.96. The molecule has 3 rings (SSSR count). The van der Waals surface area contributed by atoms with Gasteiger partial charge in [0.25, 0.3) is 0 Å². The summed E-state index contributed by atoms with van der Waals surface area (Å²) in [5.74, 6) is -0.327. The molecular formula is C18H26N4O3. The molecule has 2 aliphatic rings. The fourth-order valence-electron chi connectivity index (χ4n) is 3.45. The maximum atomic E-state index is 12.5. The molecule has 136 valence electrons. The second kappa shape index (κ2) is 7.84. The first-order valence-corrected chi connectivity index (χ1v) is 8.85. The first-order chi connectivity index (χ1) is 12.0. The Morgan fingerprint density at radius 2 is 2.08 bits per heavy atom. The topological polar surface area (TPSA) is 96.7 Å². The van der Waals surface area contributed by atoms with Crippen LogP contribution in [-0.2, 0) is 14.3 Å². The van der Waals surface area contributed by atoms with E-state index in [2.05, 4.69) is 15.5 Å². The minimum absolute atomic E-state index is 0.0296. The molecule has 0 unspecified atom stereocenters. The van der Waals surface area contributed by atoms with Crippen LogP contribution in [0.1, 0.15) is 19.8 Å².